The molecule has 0 spiro atoms. The summed E-state index contributed by atoms with van der Waals surface area (Å²) in [5.41, 5.74) is 0.656. The van der Waals surface area contributed by atoms with Crippen molar-refractivity contribution in [2.24, 2.45) is 0 Å². The summed E-state index contributed by atoms with van der Waals surface area (Å²) in [6.45, 7) is 3.85. The van der Waals surface area contributed by atoms with E-state index in [1.54, 1.807) is 24.3 Å². The molecular formula is C14H16ClNO3. The van der Waals surface area contributed by atoms with E-state index in [0.29, 0.717) is 36.1 Å². The maximum absolute atomic E-state index is 11.9. The fourth-order valence-corrected chi connectivity index (χ4v) is 1.91. The number of ether oxygens (including phenoxy) is 1. The van der Waals surface area contributed by atoms with Crippen molar-refractivity contribution in [2.75, 3.05) is 19.8 Å². The van der Waals surface area contributed by atoms with Gasteiger partial charge in [0.25, 0.3) is 5.91 Å². The number of carbonyl (C=O) groups is 1. The van der Waals surface area contributed by atoms with Gasteiger partial charge in [0, 0.05) is 30.2 Å². The molecule has 0 saturated heterocycles. The number of rotatable bonds is 6. The average Bonchev–Trinajstić information content (AvgIpc) is 2.81. The van der Waals surface area contributed by atoms with Crippen LogP contribution in [0, 0.1) is 0 Å². The van der Waals surface area contributed by atoms with Gasteiger partial charge in [-0.2, -0.15) is 0 Å². The molecule has 0 atom stereocenters. The molecule has 0 unspecified atom stereocenters. The van der Waals surface area contributed by atoms with Gasteiger partial charge in [-0.15, -0.1) is 0 Å². The van der Waals surface area contributed by atoms with Crippen molar-refractivity contribution < 1.29 is 13.9 Å². The van der Waals surface area contributed by atoms with Gasteiger partial charge in [-0.1, -0.05) is 11.6 Å². The zero-order valence-corrected chi connectivity index (χ0v) is 11.5. The molecule has 0 fully saturated rings. The summed E-state index contributed by atoms with van der Waals surface area (Å²) >= 11 is 5.88. The predicted octanol–water partition coefficient (Wildman–Crippen LogP) is 3.24. The van der Waals surface area contributed by atoms with E-state index in [-0.39, 0.29) is 5.91 Å². The first-order valence-corrected chi connectivity index (χ1v) is 6.63. The summed E-state index contributed by atoms with van der Waals surface area (Å²) in [6.07, 6.45) is 0.783. The maximum atomic E-state index is 11.9. The fourth-order valence-electron chi connectivity index (χ4n) is 1.73. The summed E-state index contributed by atoms with van der Waals surface area (Å²) in [7, 11) is 0. The third kappa shape index (κ3) is 3.72. The minimum atomic E-state index is -0.219. The van der Waals surface area contributed by atoms with Crippen molar-refractivity contribution in [1.82, 2.24) is 5.32 Å². The molecule has 5 heteroatoms. The number of nitrogens with one attached hydrogen (secondary N) is 1. The lowest BCUT2D eigenvalue weighted by Gasteiger charge is -2.02. The van der Waals surface area contributed by atoms with Crippen molar-refractivity contribution in [3.8, 4) is 0 Å². The van der Waals surface area contributed by atoms with E-state index < -0.39 is 0 Å². The van der Waals surface area contributed by atoms with Gasteiger partial charge >= 0.3 is 0 Å². The first kappa shape index (κ1) is 13.9. The Hall–Kier alpha value is -1.52. The summed E-state index contributed by atoms with van der Waals surface area (Å²) in [6, 6.07) is 6.95. The molecule has 4 nitrogen and oxygen atoms in total. The Bertz CT molecular complexity index is 565. The van der Waals surface area contributed by atoms with E-state index in [4.69, 9.17) is 20.8 Å². The minimum absolute atomic E-state index is 0.219. The first-order valence-electron chi connectivity index (χ1n) is 6.25. The van der Waals surface area contributed by atoms with Gasteiger partial charge in [-0.05, 0) is 37.6 Å². The van der Waals surface area contributed by atoms with Crippen LogP contribution in [0.4, 0.5) is 0 Å². The lowest BCUT2D eigenvalue weighted by atomic mass is 10.2. The molecule has 2 aromatic rings. The normalized spacial score (nSPS) is 10.8. The van der Waals surface area contributed by atoms with Crippen molar-refractivity contribution >= 4 is 28.5 Å². The third-order valence-corrected chi connectivity index (χ3v) is 2.89. The maximum Gasteiger partial charge on any atom is 0.287 e. The fraction of sp³-hybridized carbons (Fsp3) is 0.357. The molecule has 19 heavy (non-hydrogen) atoms. The number of hydrogen-bond acceptors (Lipinski definition) is 3. The molecular weight excluding hydrogens is 266 g/mol. The number of benzene rings is 1. The number of fused-ring (bicyclic) bond motifs is 1. The molecule has 0 aliphatic rings. The summed E-state index contributed by atoms with van der Waals surface area (Å²) in [5.74, 6) is 0.0810. The zero-order valence-electron chi connectivity index (χ0n) is 10.7. The molecule has 1 amide bonds. The Morgan fingerprint density at radius 1 is 1.42 bits per heavy atom. The van der Waals surface area contributed by atoms with Crippen LogP contribution in [0.15, 0.2) is 28.7 Å². The second kappa shape index (κ2) is 6.59. The van der Waals surface area contributed by atoms with Crippen molar-refractivity contribution in [1.29, 1.82) is 0 Å². The largest absolute Gasteiger partial charge is 0.451 e. The first-order chi connectivity index (χ1) is 9.20. The highest BCUT2D eigenvalue weighted by molar-refractivity contribution is 6.31. The molecule has 0 bridgehead atoms. The highest BCUT2D eigenvalue weighted by atomic mass is 35.5. The summed E-state index contributed by atoms with van der Waals surface area (Å²) in [4.78, 5) is 11.9. The van der Waals surface area contributed by atoms with Crippen molar-refractivity contribution in [3.63, 3.8) is 0 Å². The van der Waals surface area contributed by atoms with Gasteiger partial charge in [0.2, 0.25) is 0 Å². The lowest BCUT2D eigenvalue weighted by Crippen LogP contribution is -2.24. The molecule has 1 aromatic heterocycles. The van der Waals surface area contributed by atoms with Crippen molar-refractivity contribution in [2.45, 2.75) is 13.3 Å². The monoisotopic (exact) mass is 281 g/mol. The number of carbonyl (C=O) groups excluding carboxylic acids is 1. The van der Waals surface area contributed by atoms with Gasteiger partial charge in [-0.3, -0.25) is 4.79 Å². The van der Waals surface area contributed by atoms with Crippen LogP contribution in [0.1, 0.15) is 23.9 Å². The lowest BCUT2D eigenvalue weighted by molar-refractivity contribution is 0.0919. The highest BCUT2D eigenvalue weighted by Crippen LogP contribution is 2.22. The van der Waals surface area contributed by atoms with E-state index >= 15 is 0 Å². The SMILES string of the molecule is CCOCCCNC(=O)c1cc2cc(Cl)ccc2o1. The van der Waals surface area contributed by atoms with E-state index in [1.165, 1.54) is 0 Å². The molecule has 0 saturated carbocycles. The third-order valence-electron chi connectivity index (χ3n) is 2.66. The number of amides is 1. The van der Waals surface area contributed by atoms with Gasteiger partial charge in [0.15, 0.2) is 5.76 Å². The standard InChI is InChI=1S/C14H16ClNO3/c1-2-18-7-3-6-16-14(17)13-9-10-8-11(15)4-5-12(10)19-13/h4-5,8-9H,2-3,6-7H2,1H3,(H,16,17). The number of halogens is 1. The second-order valence-electron chi connectivity index (χ2n) is 4.10. The van der Waals surface area contributed by atoms with Crippen LogP contribution in [0.25, 0.3) is 11.0 Å². The van der Waals surface area contributed by atoms with Crippen molar-refractivity contribution in [3.05, 3.63) is 35.0 Å². The molecule has 0 aliphatic carbocycles. The Kier molecular flexibility index (Phi) is 4.82. The molecule has 2 rings (SSSR count). The summed E-state index contributed by atoms with van der Waals surface area (Å²) < 4.78 is 10.7. The molecule has 102 valence electrons. The topological polar surface area (TPSA) is 51.5 Å². The van der Waals surface area contributed by atoms with Gasteiger partial charge in [-0.25, -0.2) is 0 Å². The predicted molar refractivity (Wildman–Crippen MR) is 74.7 cm³/mol. The van der Waals surface area contributed by atoms with E-state index in [1.807, 2.05) is 6.92 Å². The van der Waals surface area contributed by atoms with Crippen LogP contribution in [0.5, 0.6) is 0 Å². The number of hydrogen-bond donors (Lipinski definition) is 1. The Balaban J connectivity index is 1.94. The van der Waals surface area contributed by atoms with Gasteiger partial charge < -0.3 is 14.5 Å². The van der Waals surface area contributed by atoms with Crippen LogP contribution in [0.2, 0.25) is 5.02 Å². The highest BCUT2D eigenvalue weighted by Gasteiger charge is 2.11. The molecule has 1 aromatic carbocycles. The van der Waals surface area contributed by atoms with Crippen LogP contribution >= 0.6 is 11.6 Å². The van der Waals surface area contributed by atoms with E-state index in [9.17, 15) is 4.79 Å². The second-order valence-corrected chi connectivity index (χ2v) is 4.54. The van der Waals surface area contributed by atoms with Gasteiger partial charge in [0.05, 0.1) is 0 Å². The van der Waals surface area contributed by atoms with Crippen LogP contribution in [-0.4, -0.2) is 25.7 Å². The Morgan fingerprint density at radius 2 is 2.26 bits per heavy atom. The average molecular weight is 282 g/mol. The molecule has 1 N–H and O–H groups in total. The van der Waals surface area contributed by atoms with E-state index in [2.05, 4.69) is 5.32 Å². The van der Waals surface area contributed by atoms with Crippen LogP contribution in [0.3, 0.4) is 0 Å². The van der Waals surface area contributed by atoms with Gasteiger partial charge in [0.1, 0.15) is 5.58 Å². The smallest absolute Gasteiger partial charge is 0.287 e. The Morgan fingerprint density at radius 3 is 3.05 bits per heavy atom. The number of furan rings is 1. The van der Waals surface area contributed by atoms with Crippen LogP contribution in [-0.2, 0) is 4.74 Å². The van der Waals surface area contributed by atoms with Crippen LogP contribution < -0.4 is 5.32 Å². The Labute approximate surface area is 116 Å². The van der Waals surface area contributed by atoms with E-state index in [0.717, 1.165) is 11.8 Å². The minimum Gasteiger partial charge on any atom is -0.451 e. The quantitative estimate of drug-likeness (QED) is 0.827. The molecule has 0 aliphatic heterocycles. The zero-order chi connectivity index (χ0) is 13.7. The summed E-state index contributed by atoms with van der Waals surface area (Å²) in [5, 5.41) is 4.24. The molecule has 0 radical (unpaired) electrons. The molecule has 1 heterocycles.